The Morgan fingerprint density at radius 3 is 2.27 bits per heavy atom. The predicted molar refractivity (Wildman–Crippen MR) is 102 cm³/mol. The van der Waals surface area contributed by atoms with Crippen molar-refractivity contribution in [3.63, 3.8) is 0 Å². The fraction of sp³-hybridized carbons (Fsp3) is 0.0952. The summed E-state index contributed by atoms with van der Waals surface area (Å²) in [6.45, 7) is -0.873. The van der Waals surface area contributed by atoms with Crippen molar-refractivity contribution in [2.24, 2.45) is 0 Å². The number of benzene rings is 3. The van der Waals surface area contributed by atoms with Gasteiger partial charge in [0.05, 0.1) is 12.2 Å². The lowest BCUT2D eigenvalue weighted by Gasteiger charge is -2.24. The van der Waals surface area contributed by atoms with E-state index in [4.69, 9.17) is 16.3 Å². The molecule has 3 rings (SSSR count). The van der Waals surface area contributed by atoms with Crippen LogP contribution in [0.25, 0.3) is 0 Å². The van der Waals surface area contributed by atoms with Gasteiger partial charge < -0.3 is 9.64 Å². The number of anilines is 1. The van der Waals surface area contributed by atoms with Gasteiger partial charge in [-0.2, -0.15) is 0 Å². The summed E-state index contributed by atoms with van der Waals surface area (Å²) in [7, 11) is 0. The zero-order valence-corrected chi connectivity index (χ0v) is 14.7. The molecule has 3 aromatic rings. The average Bonchev–Trinajstić information content (AvgIpc) is 2.68. The average molecular weight is 370 g/mol. The van der Waals surface area contributed by atoms with Gasteiger partial charge in [-0.05, 0) is 42.0 Å². The van der Waals surface area contributed by atoms with E-state index >= 15 is 0 Å². The molecular weight excluding hydrogens is 353 g/mol. The lowest BCUT2D eigenvalue weighted by Crippen LogP contribution is -2.31. The normalized spacial score (nSPS) is 10.4. The number of carbonyl (C=O) groups is 1. The van der Waals surface area contributed by atoms with Crippen LogP contribution in [0.2, 0.25) is 5.02 Å². The molecule has 0 radical (unpaired) electrons. The number of para-hydroxylation sites is 3. The Morgan fingerprint density at radius 2 is 1.58 bits per heavy atom. The summed E-state index contributed by atoms with van der Waals surface area (Å²) in [6.07, 6.45) is 0. The second kappa shape index (κ2) is 8.50. The highest BCUT2D eigenvalue weighted by Crippen LogP contribution is 2.33. The number of hydrogen-bond donors (Lipinski definition) is 0. The van der Waals surface area contributed by atoms with Gasteiger partial charge in [0.25, 0.3) is 5.91 Å². The summed E-state index contributed by atoms with van der Waals surface area (Å²) < 4.78 is 19.1. The van der Waals surface area contributed by atoms with E-state index in [2.05, 4.69) is 0 Å². The third kappa shape index (κ3) is 4.41. The highest BCUT2D eigenvalue weighted by atomic mass is 35.5. The third-order valence-corrected chi connectivity index (χ3v) is 4.05. The number of hydrogen-bond acceptors (Lipinski definition) is 2. The Hall–Kier alpha value is -2.85. The molecule has 3 aromatic carbocycles. The first-order valence-corrected chi connectivity index (χ1v) is 8.48. The molecule has 0 heterocycles. The van der Waals surface area contributed by atoms with Crippen LogP contribution in [0, 0.1) is 0 Å². The van der Waals surface area contributed by atoms with Gasteiger partial charge in [-0.15, -0.1) is 0 Å². The molecule has 0 spiro atoms. The summed E-state index contributed by atoms with van der Waals surface area (Å²) in [5, 5.41) is 0.602. The SMILES string of the molecule is O=C(CF)N(Cc1ccc(Cl)cc1)c1ccccc1Oc1ccccc1. The molecule has 0 aromatic heterocycles. The molecule has 0 aliphatic heterocycles. The Bertz CT molecular complexity index is 869. The van der Waals surface area contributed by atoms with Crippen LogP contribution in [0.5, 0.6) is 11.5 Å². The molecule has 0 saturated heterocycles. The van der Waals surface area contributed by atoms with Crippen LogP contribution in [0.15, 0.2) is 78.9 Å². The standard InChI is InChI=1S/C21H17ClFNO2/c22-17-12-10-16(11-13-17)15-24(21(25)14-23)19-8-4-5-9-20(19)26-18-6-2-1-3-7-18/h1-13H,14-15H2. The molecular formula is C21H17ClFNO2. The minimum absolute atomic E-state index is 0.217. The van der Waals surface area contributed by atoms with Crippen molar-refractivity contribution in [3.05, 3.63) is 89.4 Å². The molecule has 0 N–H and O–H groups in total. The molecule has 1 amide bonds. The van der Waals surface area contributed by atoms with Crippen molar-refractivity contribution in [3.8, 4) is 11.5 Å². The van der Waals surface area contributed by atoms with Crippen molar-refractivity contribution in [1.82, 2.24) is 0 Å². The molecule has 5 heteroatoms. The lowest BCUT2D eigenvalue weighted by molar-refractivity contribution is -0.119. The second-order valence-corrected chi connectivity index (χ2v) is 6.06. The number of ether oxygens (including phenoxy) is 1. The number of amides is 1. The fourth-order valence-electron chi connectivity index (χ4n) is 2.53. The highest BCUT2D eigenvalue weighted by molar-refractivity contribution is 6.30. The van der Waals surface area contributed by atoms with Gasteiger partial charge >= 0.3 is 0 Å². The fourth-order valence-corrected chi connectivity index (χ4v) is 2.66. The zero-order chi connectivity index (χ0) is 18.4. The molecule has 132 valence electrons. The number of halogens is 2. The van der Waals surface area contributed by atoms with Gasteiger partial charge in [0.15, 0.2) is 12.4 Å². The van der Waals surface area contributed by atoms with E-state index < -0.39 is 12.6 Å². The summed E-state index contributed by atoms with van der Waals surface area (Å²) in [5.74, 6) is 0.484. The van der Waals surface area contributed by atoms with Gasteiger partial charge in [0, 0.05) is 5.02 Å². The quantitative estimate of drug-likeness (QED) is 0.563. The number of alkyl halides is 1. The van der Waals surface area contributed by atoms with Crippen molar-refractivity contribution in [1.29, 1.82) is 0 Å². The van der Waals surface area contributed by atoms with E-state index in [1.165, 1.54) is 4.90 Å². The van der Waals surface area contributed by atoms with Crippen molar-refractivity contribution in [2.75, 3.05) is 11.6 Å². The van der Waals surface area contributed by atoms with E-state index in [-0.39, 0.29) is 6.54 Å². The first-order chi connectivity index (χ1) is 12.7. The summed E-state index contributed by atoms with van der Waals surface area (Å²) >= 11 is 5.91. The molecule has 0 unspecified atom stereocenters. The molecule has 0 bridgehead atoms. The van der Waals surface area contributed by atoms with Crippen molar-refractivity contribution >= 4 is 23.2 Å². The van der Waals surface area contributed by atoms with E-state index in [1.807, 2.05) is 48.5 Å². The maximum atomic E-state index is 13.2. The van der Waals surface area contributed by atoms with Crippen LogP contribution < -0.4 is 9.64 Å². The maximum absolute atomic E-state index is 13.2. The highest BCUT2D eigenvalue weighted by Gasteiger charge is 2.20. The number of rotatable bonds is 6. The molecule has 0 aliphatic rings. The van der Waals surface area contributed by atoms with Crippen LogP contribution >= 0.6 is 11.6 Å². The van der Waals surface area contributed by atoms with Crippen LogP contribution in [-0.4, -0.2) is 12.6 Å². The molecule has 0 saturated carbocycles. The second-order valence-electron chi connectivity index (χ2n) is 5.62. The Balaban J connectivity index is 1.93. The van der Waals surface area contributed by atoms with E-state index in [9.17, 15) is 9.18 Å². The van der Waals surface area contributed by atoms with E-state index in [0.29, 0.717) is 22.2 Å². The van der Waals surface area contributed by atoms with Crippen molar-refractivity contribution in [2.45, 2.75) is 6.54 Å². The van der Waals surface area contributed by atoms with Crippen molar-refractivity contribution < 1.29 is 13.9 Å². The van der Waals surface area contributed by atoms with Gasteiger partial charge in [-0.1, -0.05) is 54.1 Å². The summed E-state index contributed by atoms with van der Waals surface area (Å²) in [6, 6.07) is 23.4. The van der Waals surface area contributed by atoms with Crippen LogP contribution in [0.1, 0.15) is 5.56 Å². The molecule has 0 atom stereocenters. The van der Waals surface area contributed by atoms with Gasteiger partial charge in [0.2, 0.25) is 0 Å². The minimum atomic E-state index is -1.09. The van der Waals surface area contributed by atoms with E-state index in [1.54, 1.807) is 30.3 Å². The topological polar surface area (TPSA) is 29.5 Å². The smallest absolute Gasteiger partial charge is 0.258 e. The lowest BCUT2D eigenvalue weighted by atomic mass is 10.2. The van der Waals surface area contributed by atoms with Gasteiger partial charge in [-0.3, -0.25) is 4.79 Å². The van der Waals surface area contributed by atoms with Gasteiger partial charge in [-0.25, -0.2) is 4.39 Å². The Morgan fingerprint density at radius 1 is 0.923 bits per heavy atom. The monoisotopic (exact) mass is 369 g/mol. The van der Waals surface area contributed by atoms with Gasteiger partial charge in [0.1, 0.15) is 5.75 Å². The van der Waals surface area contributed by atoms with Crippen LogP contribution in [0.4, 0.5) is 10.1 Å². The molecule has 0 aliphatic carbocycles. The first kappa shape index (κ1) is 18.0. The largest absolute Gasteiger partial charge is 0.455 e. The van der Waals surface area contributed by atoms with Crippen LogP contribution in [0.3, 0.4) is 0 Å². The third-order valence-electron chi connectivity index (χ3n) is 3.80. The predicted octanol–water partition coefficient (Wildman–Crippen LogP) is 5.64. The molecule has 0 fully saturated rings. The number of carbonyl (C=O) groups excluding carboxylic acids is 1. The Labute approximate surface area is 156 Å². The molecule has 26 heavy (non-hydrogen) atoms. The zero-order valence-electron chi connectivity index (χ0n) is 13.9. The molecule has 3 nitrogen and oxygen atoms in total. The summed E-state index contributed by atoms with van der Waals surface area (Å²) in [4.78, 5) is 13.6. The number of nitrogens with zero attached hydrogens (tertiary/aromatic N) is 1. The first-order valence-electron chi connectivity index (χ1n) is 8.10. The van der Waals surface area contributed by atoms with Crippen LogP contribution in [-0.2, 0) is 11.3 Å². The maximum Gasteiger partial charge on any atom is 0.258 e. The Kier molecular flexibility index (Phi) is 5.87. The minimum Gasteiger partial charge on any atom is -0.455 e. The van der Waals surface area contributed by atoms with E-state index in [0.717, 1.165) is 5.56 Å². The summed E-state index contributed by atoms with van der Waals surface area (Å²) in [5.41, 5.74) is 1.35.